The summed E-state index contributed by atoms with van der Waals surface area (Å²) in [4.78, 5) is 23.3. The van der Waals surface area contributed by atoms with Crippen molar-refractivity contribution in [1.82, 2.24) is 9.97 Å². The third kappa shape index (κ3) is 3.50. The lowest BCUT2D eigenvalue weighted by molar-refractivity contribution is 0.102. The first-order valence-corrected chi connectivity index (χ1v) is 8.10. The Morgan fingerprint density at radius 2 is 1.78 bits per heavy atom. The number of rotatable bonds is 3. The highest BCUT2D eigenvalue weighted by Crippen LogP contribution is 2.19. The van der Waals surface area contributed by atoms with Crippen LogP contribution in [0.2, 0.25) is 0 Å². The zero-order chi connectivity index (χ0) is 16.2. The maximum absolute atomic E-state index is 12.4. The van der Waals surface area contributed by atoms with E-state index in [9.17, 15) is 4.79 Å². The van der Waals surface area contributed by atoms with E-state index in [4.69, 9.17) is 0 Å². The van der Waals surface area contributed by atoms with Gasteiger partial charge in [-0.25, -0.2) is 9.97 Å². The zero-order valence-corrected chi connectivity index (χ0v) is 13.7. The fourth-order valence-corrected chi connectivity index (χ4v) is 2.78. The van der Waals surface area contributed by atoms with Crippen molar-refractivity contribution >= 4 is 17.5 Å². The minimum Gasteiger partial charge on any atom is -0.341 e. The Hall–Kier alpha value is -2.43. The van der Waals surface area contributed by atoms with Crippen LogP contribution >= 0.6 is 0 Å². The third-order valence-corrected chi connectivity index (χ3v) is 4.39. The van der Waals surface area contributed by atoms with Crippen molar-refractivity contribution in [3.05, 3.63) is 47.3 Å². The van der Waals surface area contributed by atoms with E-state index in [2.05, 4.69) is 20.2 Å². The molecule has 1 aromatic heterocycles. The first-order valence-electron chi connectivity index (χ1n) is 8.10. The Kier molecular flexibility index (Phi) is 4.55. The van der Waals surface area contributed by atoms with E-state index < -0.39 is 0 Å². The van der Waals surface area contributed by atoms with Gasteiger partial charge in [-0.05, 0) is 50.3 Å². The Balaban J connectivity index is 1.71. The molecule has 0 bridgehead atoms. The van der Waals surface area contributed by atoms with E-state index in [1.165, 1.54) is 19.3 Å². The number of benzene rings is 1. The minimum atomic E-state index is -0.177. The summed E-state index contributed by atoms with van der Waals surface area (Å²) < 4.78 is 0. The van der Waals surface area contributed by atoms with Gasteiger partial charge in [0, 0.05) is 31.2 Å². The summed E-state index contributed by atoms with van der Waals surface area (Å²) in [6.07, 6.45) is 6.85. The van der Waals surface area contributed by atoms with Crippen molar-refractivity contribution < 1.29 is 4.79 Å². The van der Waals surface area contributed by atoms with Crippen LogP contribution in [0.15, 0.2) is 30.6 Å². The van der Waals surface area contributed by atoms with Gasteiger partial charge in [0.1, 0.15) is 0 Å². The number of amides is 1. The summed E-state index contributed by atoms with van der Waals surface area (Å²) in [5, 5.41) is 2.93. The molecule has 1 amide bonds. The molecule has 1 saturated heterocycles. The summed E-state index contributed by atoms with van der Waals surface area (Å²) in [6, 6.07) is 5.87. The van der Waals surface area contributed by atoms with Crippen LogP contribution in [-0.4, -0.2) is 29.0 Å². The Bertz CT molecular complexity index is 691. The number of carbonyl (C=O) groups is 1. The number of nitrogens with one attached hydrogen (secondary N) is 1. The van der Waals surface area contributed by atoms with Gasteiger partial charge in [-0.1, -0.05) is 12.1 Å². The first-order chi connectivity index (χ1) is 11.1. The lowest BCUT2D eigenvalue weighted by Gasteiger charge is -2.26. The van der Waals surface area contributed by atoms with Crippen LogP contribution in [0.1, 0.15) is 40.7 Å². The van der Waals surface area contributed by atoms with Crippen LogP contribution in [0.4, 0.5) is 11.6 Å². The van der Waals surface area contributed by atoms with Crippen LogP contribution in [0.25, 0.3) is 0 Å². The lowest BCUT2D eigenvalue weighted by Crippen LogP contribution is -2.31. The van der Waals surface area contributed by atoms with Gasteiger partial charge in [-0.2, -0.15) is 0 Å². The predicted molar refractivity (Wildman–Crippen MR) is 92.0 cm³/mol. The number of piperidine rings is 1. The van der Waals surface area contributed by atoms with Gasteiger partial charge in [-0.3, -0.25) is 4.79 Å². The molecule has 2 aromatic rings. The quantitative estimate of drug-likeness (QED) is 0.944. The summed E-state index contributed by atoms with van der Waals surface area (Å²) >= 11 is 0. The molecule has 5 nitrogen and oxygen atoms in total. The van der Waals surface area contributed by atoms with Crippen molar-refractivity contribution in [2.45, 2.75) is 33.1 Å². The van der Waals surface area contributed by atoms with Crippen molar-refractivity contribution in [2.75, 3.05) is 23.3 Å². The highest BCUT2D eigenvalue weighted by Gasteiger charge is 2.15. The number of nitrogens with zero attached hydrogens (tertiary/aromatic N) is 3. The molecule has 3 rings (SSSR count). The second kappa shape index (κ2) is 6.77. The average molecular weight is 310 g/mol. The normalized spacial score (nSPS) is 14.6. The Morgan fingerprint density at radius 1 is 1.09 bits per heavy atom. The molecule has 1 aliphatic rings. The van der Waals surface area contributed by atoms with Gasteiger partial charge in [-0.15, -0.1) is 0 Å². The Labute approximate surface area is 136 Å². The topological polar surface area (TPSA) is 58.1 Å². The number of hydrogen-bond donors (Lipinski definition) is 1. The second-order valence-electron chi connectivity index (χ2n) is 6.02. The molecule has 0 unspecified atom stereocenters. The van der Waals surface area contributed by atoms with Gasteiger partial charge in [0.25, 0.3) is 5.91 Å². The number of anilines is 2. The molecule has 0 aliphatic carbocycles. The van der Waals surface area contributed by atoms with Crippen molar-refractivity contribution in [2.24, 2.45) is 0 Å². The zero-order valence-electron chi connectivity index (χ0n) is 13.7. The Morgan fingerprint density at radius 3 is 2.48 bits per heavy atom. The summed E-state index contributed by atoms with van der Waals surface area (Å²) in [7, 11) is 0. The molecule has 5 heteroatoms. The van der Waals surface area contributed by atoms with Crippen molar-refractivity contribution in [1.29, 1.82) is 0 Å². The molecule has 0 atom stereocenters. The van der Waals surface area contributed by atoms with Crippen LogP contribution in [-0.2, 0) is 0 Å². The number of aromatic nitrogens is 2. The smallest absolute Gasteiger partial charge is 0.258 e. The molecule has 23 heavy (non-hydrogen) atoms. The second-order valence-corrected chi connectivity index (χ2v) is 6.02. The average Bonchev–Trinajstić information content (AvgIpc) is 2.60. The molecule has 0 radical (unpaired) electrons. The minimum absolute atomic E-state index is 0.177. The number of hydrogen-bond acceptors (Lipinski definition) is 4. The maximum atomic E-state index is 12.4. The SMILES string of the molecule is Cc1cccc(NC(=O)c2cnc(N3CCCCC3)nc2)c1C. The summed E-state index contributed by atoms with van der Waals surface area (Å²) in [5.74, 6) is 0.539. The van der Waals surface area contributed by atoms with Gasteiger partial charge in [0.15, 0.2) is 0 Å². The van der Waals surface area contributed by atoms with Crippen molar-refractivity contribution in [3.8, 4) is 0 Å². The fourth-order valence-electron chi connectivity index (χ4n) is 2.78. The number of aryl methyl sites for hydroxylation is 1. The molecule has 0 saturated carbocycles. The molecule has 0 spiro atoms. The van der Waals surface area contributed by atoms with E-state index in [-0.39, 0.29) is 5.91 Å². The van der Waals surface area contributed by atoms with Gasteiger partial charge in [0.2, 0.25) is 5.95 Å². The van der Waals surface area contributed by atoms with E-state index in [1.807, 2.05) is 32.0 Å². The number of carbonyl (C=O) groups excluding carboxylic acids is 1. The van der Waals surface area contributed by atoms with Gasteiger partial charge >= 0.3 is 0 Å². The summed E-state index contributed by atoms with van der Waals surface area (Å²) in [5.41, 5.74) is 3.54. The molecular formula is C18H22N4O. The molecule has 1 fully saturated rings. The van der Waals surface area contributed by atoms with E-state index in [0.717, 1.165) is 29.9 Å². The lowest BCUT2D eigenvalue weighted by atomic mass is 10.1. The van der Waals surface area contributed by atoms with Crippen LogP contribution in [0, 0.1) is 13.8 Å². The molecule has 2 heterocycles. The monoisotopic (exact) mass is 310 g/mol. The molecule has 1 aliphatic heterocycles. The first kappa shape index (κ1) is 15.5. The van der Waals surface area contributed by atoms with Crippen molar-refractivity contribution in [3.63, 3.8) is 0 Å². The molecule has 1 aromatic carbocycles. The fraction of sp³-hybridized carbons (Fsp3) is 0.389. The van der Waals surface area contributed by atoms with Crippen LogP contribution in [0.3, 0.4) is 0 Å². The largest absolute Gasteiger partial charge is 0.341 e. The van der Waals surface area contributed by atoms with Gasteiger partial charge in [0.05, 0.1) is 5.56 Å². The van der Waals surface area contributed by atoms with Crippen LogP contribution < -0.4 is 10.2 Å². The molecular weight excluding hydrogens is 288 g/mol. The third-order valence-electron chi connectivity index (χ3n) is 4.39. The van der Waals surface area contributed by atoms with E-state index in [1.54, 1.807) is 12.4 Å². The highest BCUT2D eigenvalue weighted by atomic mass is 16.1. The van der Waals surface area contributed by atoms with E-state index in [0.29, 0.717) is 11.5 Å². The van der Waals surface area contributed by atoms with E-state index >= 15 is 0 Å². The van der Waals surface area contributed by atoms with Crippen LogP contribution in [0.5, 0.6) is 0 Å². The highest BCUT2D eigenvalue weighted by molar-refractivity contribution is 6.04. The standard InChI is InChI=1S/C18H22N4O/c1-13-7-6-8-16(14(13)2)21-17(23)15-11-19-18(20-12-15)22-9-4-3-5-10-22/h6-8,11-12H,3-5,9-10H2,1-2H3,(H,21,23). The summed E-state index contributed by atoms with van der Waals surface area (Å²) in [6.45, 7) is 6.02. The maximum Gasteiger partial charge on any atom is 0.258 e. The predicted octanol–water partition coefficient (Wildman–Crippen LogP) is 3.34. The molecule has 1 N–H and O–H groups in total. The van der Waals surface area contributed by atoms with Gasteiger partial charge < -0.3 is 10.2 Å². The molecule has 120 valence electrons.